The first-order valence-corrected chi connectivity index (χ1v) is 9.24. The van der Waals surface area contributed by atoms with Crippen LogP contribution >= 0.6 is 0 Å². The van der Waals surface area contributed by atoms with Crippen LogP contribution < -0.4 is 4.90 Å². The summed E-state index contributed by atoms with van der Waals surface area (Å²) in [6.07, 6.45) is 0. The molecule has 0 saturated carbocycles. The van der Waals surface area contributed by atoms with Crippen LogP contribution in [-0.2, 0) is 24.4 Å². The zero-order valence-corrected chi connectivity index (χ0v) is 16.0. The Balaban J connectivity index is 1.94. The van der Waals surface area contributed by atoms with E-state index in [1.807, 2.05) is 0 Å². The summed E-state index contributed by atoms with van der Waals surface area (Å²) in [7, 11) is 0. The van der Waals surface area contributed by atoms with Crippen molar-refractivity contribution in [2.45, 2.75) is 26.2 Å². The molecule has 0 spiro atoms. The first-order valence-electron chi connectivity index (χ1n) is 9.24. The maximum Gasteiger partial charge on any atom is 0.0701 e. The standard InChI is InChI=1S/C20H33NO4/c1-20(2,3)18-4-6-19(7-5-18)21-8-10-22-12-14-24-16-17-25-15-13-23-11-9-21/h4-7H,8-17H2,1-3H3. The van der Waals surface area contributed by atoms with Gasteiger partial charge < -0.3 is 23.8 Å². The van der Waals surface area contributed by atoms with Crippen LogP contribution in [0.3, 0.4) is 0 Å². The van der Waals surface area contributed by atoms with Crippen molar-refractivity contribution in [3.63, 3.8) is 0 Å². The average Bonchev–Trinajstić information content (AvgIpc) is 2.60. The van der Waals surface area contributed by atoms with E-state index in [9.17, 15) is 0 Å². The fraction of sp³-hybridized carbons (Fsp3) is 0.700. The molecule has 1 aromatic carbocycles. The third-order valence-electron chi connectivity index (χ3n) is 4.23. The zero-order chi connectivity index (χ0) is 18.0. The highest BCUT2D eigenvalue weighted by atomic mass is 16.6. The van der Waals surface area contributed by atoms with Gasteiger partial charge in [0.15, 0.2) is 0 Å². The molecule has 0 atom stereocenters. The van der Waals surface area contributed by atoms with Crippen LogP contribution in [0.1, 0.15) is 26.3 Å². The molecule has 0 radical (unpaired) electrons. The van der Waals surface area contributed by atoms with Crippen molar-refractivity contribution in [3.05, 3.63) is 29.8 Å². The first-order chi connectivity index (χ1) is 12.1. The van der Waals surface area contributed by atoms with Gasteiger partial charge in [-0.3, -0.25) is 0 Å². The molecule has 1 aliphatic heterocycles. The van der Waals surface area contributed by atoms with Crippen molar-refractivity contribution in [1.82, 2.24) is 0 Å². The molecule has 142 valence electrons. The third-order valence-corrected chi connectivity index (χ3v) is 4.23. The molecule has 0 aliphatic carbocycles. The second-order valence-corrected chi connectivity index (χ2v) is 7.23. The van der Waals surface area contributed by atoms with Gasteiger partial charge in [0.05, 0.1) is 52.9 Å². The molecule has 1 heterocycles. The Morgan fingerprint density at radius 1 is 0.640 bits per heavy atom. The summed E-state index contributed by atoms with van der Waals surface area (Å²) in [6, 6.07) is 8.82. The lowest BCUT2D eigenvalue weighted by molar-refractivity contribution is 0.00206. The van der Waals surface area contributed by atoms with E-state index in [1.165, 1.54) is 11.3 Å². The molecular formula is C20H33NO4. The fourth-order valence-corrected chi connectivity index (χ4v) is 2.65. The van der Waals surface area contributed by atoms with Crippen molar-refractivity contribution in [3.8, 4) is 0 Å². The molecule has 2 rings (SSSR count). The highest BCUT2D eigenvalue weighted by molar-refractivity contribution is 5.48. The number of anilines is 1. The van der Waals surface area contributed by atoms with E-state index >= 15 is 0 Å². The molecular weight excluding hydrogens is 318 g/mol. The molecule has 5 heteroatoms. The van der Waals surface area contributed by atoms with Gasteiger partial charge in [-0.25, -0.2) is 0 Å². The average molecular weight is 351 g/mol. The zero-order valence-electron chi connectivity index (χ0n) is 16.0. The molecule has 0 amide bonds. The minimum Gasteiger partial charge on any atom is -0.377 e. The van der Waals surface area contributed by atoms with Crippen molar-refractivity contribution in [2.24, 2.45) is 0 Å². The van der Waals surface area contributed by atoms with Gasteiger partial charge in [-0.15, -0.1) is 0 Å². The number of ether oxygens (including phenoxy) is 4. The van der Waals surface area contributed by atoms with E-state index < -0.39 is 0 Å². The normalized spacial score (nSPS) is 19.9. The van der Waals surface area contributed by atoms with Crippen LogP contribution in [0.15, 0.2) is 24.3 Å². The van der Waals surface area contributed by atoms with Gasteiger partial charge in [-0.2, -0.15) is 0 Å². The van der Waals surface area contributed by atoms with Gasteiger partial charge in [0.2, 0.25) is 0 Å². The first kappa shape index (κ1) is 20.2. The molecule has 0 bridgehead atoms. The fourth-order valence-electron chi connectivity index (χ4n) is 2.65. The quantitative estimate of drug-likeness (QED) is 0.778. The van der Waals surface area contributed by atoms with E-state index in [2.05, 4.69) is 49.9 Å². The minimum atomic E-state index is 0.169. The summed E-state index contributed by atoms with van der Waals surface area (Å²) in [4.78, 5) is 2.31. The topological polar surface area (TPSA) is 40.2 Å². The number of nitrogens with zero attached hydrogens (tertiary/aromatic N) is 1. The maximum absolute atomic E-state index is 5.69. The number of hydrogen-bond acceptors (Lipinski definition) is 5. The molecule has 5 nitrogen and oxygen atoms in total. The van der Waals surface area contributed by atoms with Gasteiger partial charge in [0.1, 0.15) is 0 Å². The molecule has 1 aliphatic rings. The Morgan fingerprint density at radius 2 is 1.04 bits per heavy atom. The van der Waals surface area contributed by atoms with Crippen LogP contribution in [0, 0.1) is 0 Å². The highest BCUT2D eigenvalue weighted by Gasteiger charge is 2.14. The summed E-state index contributed by atoms with van der Waals surface area (Å²) in [5.41, 5.74) is 2.72. The Morgan fingerprint density at radius 3 is 1.44 bits per heavy atom. The molecule has 0 unspecified atom stereocenters. The van der Waals surface area contributed by atoms with Crippen molar-refractivity contribution in [2.75, 3.05) is 70.8 Å². The predicted octanol–water partition coefficient (Wildman–Crippen LogP) is 2.87. The smallest absolute Gasteiger partial charge is 0.0701 e. The second-order valence-electron chi connectivity index (χ2n) is 7.23. The molecule has 1 fully saturated rings. The number of benzene rings is 1. The molecule has 1 saturated heterocycles. The molecule has 25 heavy (non-hydrogen) atoms. The molecule has 0 aromatic heterocycles. The van der Waals surface area contributed by atoms with Gasteiger partial charge in [0, 0.05) is 18.8 Å². The Hall–Kier alpha value is -1.14. The maximum atomic E-state index is 5.69. The summed E-state index contributed by atoms with van der Waals surface area (Å²) in [5.74, 6) is 0. The molecule has 1 aromatic rings. The summed E-state index contributed by atoms with van der Waals surface area (Å²) < 4.78 is 22.3. The van der Waals surface area contributed by atoms with Gasteiger partial charge in [-0.05, 0) is 23.1 Å². The van der Waals surface area contributed by atoms with Crippen molar-refractivity contribution >= 4 is 5.69 Å². The Kier molecular flexibility index (Phi) is 8.68. The van der Waals surface area contributed by atoms with E-state index in [1.54, 1.807) is 0 Å². The minimum absolute atomic E-state index is 0.169. The SMILES string of the molecule is CC(C)(C)c1ccc(N2CCOCCOCCOCCOCC2)cc1. The van der Waals surface area contributed by atoms with E-state index in [-0.39, 0.29) is 5.41 Å². The monoisotopic (exact) mass is 351 g/mol. The third kappa shape index (κ3) is 7.74. The van der Waals surface area contributed by atoms with E-state index in [0.717, 1.165) is 13.1 Å². The summed E-state index contributed by atoms with van der Waals surface area (Å²) in [5, 5.41) is 0. The highest BCUT2D eigenvalue weighted by Crippen LogP contribution is 2.24. The lowest BCUT2D eigenvalue weighted by Gasteiger charge is -2.26. The number of rotatable bonds is 1. The van der Waals surface area contributed by atoms with Crippen molar-refractivity contribution in [1.29, 1.82) is 0 Å². The van der Waals surface area contributed by atoms with Crippen molar-refractivity contribution < 1.29 is 18.9 Å². The molecule has 0 N–H and O–H groups in total. The van der Waals surface area contributed by atoms with Gasteiger partial charge >= 0.3 is 0 Å². The summed E-state index contributed by atoms with van der Waals surface area (Å²) in [6.45, 7) is 13.4. The van der Waals surface area contributed by atoms with Crippen LogP contribution in [0.2, 0.25) is 0 Å². The largest absolute Gasteiger partial charge is 0.377 e. The van der Waals surface area contributed by atoms with Crippen LogP contribution in [0.25, 0.3) is 0 Å². The lowest BCUT2D eigenvalue weighted by atomic mass is 9.87. The lowest BCUT2D eigenvalue weighted by Crippen LogP contribution is -2.31. The van der Waals surface area contributed by atoms with E-state index in [4.69, 9.17) is 18.9 Å². The second kappa shape index (κ2) is 10.8. The number of hydrogen-bond donors (Lipinski definition) is 0. The Bertz CT molecular complexity index is 454. The van der Waals surface area contributed by atoms with Crippen LogP contribution in [-0.4, -0.2) is 65.9 Å². The van der Waals surface area contributed by atoms with Crippen LogP contribution in [0.5, 0.6) is 0 Å². The van der Waals surface area contributed by atoms with Gasteiger partial charge in [0.25, 0.3) is 0 Å². The van der Waals surface area contributed by atoms with E-state index in [0.29, 0.717) is 52.9 Å². The van der Waals surface area contributed by atoms with Crippen LogP contribution in [0.4, 0.5) is 5.69 Å². The summed E-state index contributed by atoms with van der Waals surface area (Å²) >= 11 is 0. The van der Waals surface area contributed by atoms with Gasteiger partial charge in [-0.1, -0.05) is 32.9 Å². The predicted molar refractivity (Wildman–Crippen MR) is 101 cm³/mol. The Labute approximate surface area is 152 Å².